The highest BCUT2D eigenvalue weighted by atomic mass is 79.9. The second-order valence-electron chi connectivity index (χ2n) is 2.60. The third kappa shape index (κ3) is 2.72. The highest BCUT2D eigenvalue weighted by Crippen LogP contribution is 2.28. The molecule has 0 heterocycles. The SMILES string of the molecule is CCN(C(=O)Cl)c1ccc(Br)c(Br)c1. The molecule has 0 aliphatic rings. The standard InChI is InChI=1S/C9H8Br2ClNO/c1-2-13(9(12)14)6-3-4-7(10)8(11)5-6/h3-5H,2H2,1H3. The van der Waals surface area contributed by atoms with Crippen LogP contribution in [0.3, 0.4) is 0 Å². The topological polar surface area (TPSA) is 20.3 Å². The molecule has 0 saturated carbocycles. The van der Waals surface area contributed by atoms with Gasteiger partial charge in [-0.05, 0) is 68.6 Å². The maximum absolute atomic E-state index is 11.0. The molecular formula is C9H8Br2ClNO. The molecule has 0 aromatic heterocycles. The first-order valence-electron chi connectivity index (χ1n) is 3.98. The molecule has 1 amide bonds. The summed E-state index contributed by atoms with van der Waals surface area (Å²) in [6.45, 7) is 2.42. The predicted octanol–water partition coefficient (Wildman–Crippen LogP) is 4.40. The van der Waals surface area contributed by atoms with Crippen molar-refractivity contribution in [1.82, 2.24) is 0 Å². The number of anilines is 1. The Labute approximate surface area is 104 Å². The number of halogens is 3. The zero-order valence-electron chi connectivity index (χ0n) is 7.43. The molecule has 14 heavy (non-hydrogen) atoms. The molecule has 1 aromatic carbocycles. The molecule has 0 bridgehead atoms. The first-order valence-corrected chi connectivity index (χ1v) is 5.94. The second-order valence-corrected chi connectivity index (χ2v) is 4.63. The van der Waals surface area contributed by atoms with Crippen molar-refractivity contribution < 1.29 is 4.79 Å². The monoisotopic (exact) mass is 339 g/mol. The first kappa shape index (κ1) is 12.0. The van der Waals surface area contributed by atoms with Crippen LogP contribution >= 0.6 is 43.5 Å². The zero-order chi connectivity index (χ0) is 10.7. The van der Waals surface area contributed by atoms with E-state index in [1.54, 1.807) is 0 Å². The Morgan fingerprint density at radius 3 is 2.50 bits per heavy atom. The van der Waals surface area contributed by atoms with Crippen molar-refractivity contribution in [3.8, 4) is 0 Å². The Kier molecular flexibility index (Phi) is 4.41. The van der Waals surface area contributed by atoms with E-state index >= 15 is 0 Å². The van der Waals surface area contributed by atoms with Gasteiger partial charge in [0.15, 0.2) is 0 Å². The normalized spacial score (nSPS) is 10.0. The van der Waals surface area contributed by atoms with E-state index in [0.717, 1.165) is 14.6 Å². The summed E-state index contributed by atoms with van der Waals surface area (Å²) < 4.78 is 1.84. The summed E-state index contributed by atoms with van der Waals surface area (Å²) in [5, 5.41) is -0.471. The summed E-state index contributed by atoms with van der Waals surface area (Å²) in [7, 11) is 0. The molecule has 0 N–H and O–H groups in total. The molecule has 0 saturated heterocycles. The largest absolute Gasteiger partial charge is 0.320 e. The molecule has 2 nitrogen and oxygen atoms in total. The molecule has 0 atom stereocenters. The number of rotatable bonds is 2. The lowest BCUT2D eigenvalue weighted by Crippen LogP contribution is -2.24. The average molecular weight is 341 g/mol. The van der Waals surface area contributed by atoms with E-state index < -0.39 is 5.37 Å². The number of amides is 1. The Hall–Kier alpha value is -0.0600. The Balaban J connectivity index is 3.06. The molecule has 1 rings (SSSR count). The second kappa shape index (κ2) is 5.14. The van der Waals surface area contributed by atoms with Gasteiger partial charge in [0, 0.05) is 21.2 Å². The molecule has 0 unspecified atom stereocenters. The molecule has 0 spiro atoms. The molecule has 76 valence electrons. The van der Waals surface area contributed by atoms with Gasteiger partial charge in [-0.15, -0.1) is 0 Å². The van der Waals surface area contributed by atoms with E-state index in [1.165, 1.54) is 4.90 Å². The number of carbonyl (C=O) groups excluding carboxylic acids is 1. The number of hydrogen-bond acceptors (Lipinski definition) is 1. The van der Waals surface area contributed by atoms with E-state index in [9.17, 15) is 4.79 Å². The van der Waals surface area contributed by atoms with Crippen molar-refractivity contribution >= 4 is 54.5 Å². The highest BCUT2D eigenvalue weighted by Gasteiger charge is 2.11. The van der Waals surface area contributed by atoms with E-state index in [-0.39, 0.29) is 0 Å². The summed E-state index contributed by atoms with van der Waals surface area (Å²) >= 11 is 12.1. The Morgan fingerprint density at radius 1 is 1.43 bits per heavy atom. The fraction of sp³-hybridized carbons (Fsp3) is 0.222. The minimum Gasteiger partial charge on any atom is -0.299 e. The van der Waals surface area contributed by atoms with Crippen LogP contribution in [0.5, 0.6) is 0 Å². The maximum Gasteiger partial charge on any atom is 0.320 e. The van der Waals surface area contributed by atoms with Crippen LogP contribution in [0.15, 0.2) is 27.1 Å². The van der Waals surface area contributed by atoms with Crippen molar-refractivity contribution in [3.63, 3.8) is 0 Å². The average Bonchev–Trinajstić information content (AvgIpc) is 2.11. The van der Waals surface area contributed by atoms with Gasteiger partial charge >= 0.3 is 5.37 Å². The van der Waals surface area contributed by atoms with Gasteiger partial charge in [-0.2, -0.15) is 0 Å². The van der Waals surface area contributed by atoms with E-state index in [1.807, 2.05) is 25.1 Å². The quantitative estimate of drug-likeness (QED) is 0.577. The molecular weight excluding hydrogens is 333 g/mol. The lowest BCUT2D eigenvalue weighted by atomic mass is 10.3. The zero-order valence-corrected chi connectivity index (χ0v) is 11.4. The summed E-state index contributed by atoms with van der Waals surface area (Å²) in [6, 6.07) is 5.54. The van der Waals surface area contributed by atoms with Crippen molar-refractivity contribution in [2.75, 3.05) is 11.4 Å². The van der Waals surface area contributed by atoms with Gasteiger partial charge in [0.1, 0.15) is 0 Å². The number of hydrogen-bond donors (Lipinski definition) is 0. The molecule has 0 fully saturated rings. The molecule has 0 radical (unpaired) electrons. The van der Waals surface area contributed by atoms with E-state index in [0.29, 0.717) is 6.54 Å². The smallest absolute Gasteiger partial charge is 0.299 e. The van der Waals surface area contributed by atoms with Gasteiger partial charge in [0.25, 0.3) is 0 Å². The van der Waals surface area contributed by atoms with Gasteiger partial charge in [-0.3, -0.25) is 9.69 Å². The van der Waals surface area contributed by atoms with Crippen LogP contribution in [-0.2, 0) is 0 Å². The number of benzene rings is 1. The van der Waals surface area contributed by atoms with Crippen molar-refractivity contribution in [1.29, 1.82) is 0 Å². The summed E-state index contributed by atoms with van der Waals surface area (Å²) in [6.07, 6.45) is 0. The minimum absolute atomic E-state index is 0.471. The number of nitrogens with zero attached hydrogens (tertiary/aromatic N) is 1. The van der Waals surface area contributed by atoms with Gasteiger partial charge in [-0.25, -0.2) is 0 Å². The molecule has 0 aliphatic carbocycles. The predicted molar refractivity (Wildman–Crippen MR) is 66.1 cm³/mol. The van der Waals surface area contributed by atoms with Gasteiger partial charge in [0.2, 0.25) is 0 Å². The fourth-order valence-corrected chi connectivity index (χ4v) is 1.89. The van der Waals surface area contributed by atoms with Gasteiger partial charge in [-0.1, -0.05) is 0 Å². The van der Waals surface area contributed by atoms with E-state index in [2.05, 4.69) is 31.9 Å². The maximum atomic E-state index is 11.0. The van der Waals surface area contributed by atoms with Crippen LogP contribution in [0.1, 0.15) is 6.92 Å². The van der Waals surface area contributed by atoms with Crippen LogP contribution in [0, 0.1) is 0 Å². The van der Waals surface area contributed by atoms with Crippen molar-refractivity contribution in [3.05, 3.63) is 27.1 Å². The molecule has 1 aromatic rings. The summed E-state index contributed by atoms with van der Waals surface area (Å²) in [5.41, 5.74) is 0.780. The Bertz CT molecular complexity index is 357. The van der Waals surface area contributed by atoms with Gasteiger partial charge in [0.05, 0.1) is 0 Å². The Morgan fingerprint density at radius 2 is 2.07 bits per heavy atom. The lowest BCUT2D eigenvalue weighted by Gasteiger charge is -2.17. The fourth-order valence-electron chi connectivity index (χ4n) is 1.06. The van der Waals surface area contributed by atoms with Crippen LogP contribution < -0.4 is 4.90 Å². The first-order chi connectivity index (χ1) is 6.56. The summed E-state index contributed by atoms with van der Waals surface area (Å²) in [4.78, 5) is 12.5. The van der Waals surface area contributed by atoms with E-state index in [4.69, 9.17) is 11.6 Å². The number of carbonyl (C=O) groups is 1. The summed E-state index contributed by atoms with van der Waals surface area (Å²) in [5.74, 6) is 0. The lowest BCUT2D eigenvalue weighted by molar-refractivity contribution is 0.264. The van der Waals surface area contributed by atoms with Crippen molar-refractivity contribution in [2.24, 2.45) is 0 Å². The van der Waals surface area contributed by atoms with Gasteiger partial charge < -0.3 is 0 Å². The van der Waals surface area contributed by atoms with Crippen LogP contribution in [0.4, 0.5) is 10.5 Å². The minimum atomic E-state index is -0.471. The van der Waals surface area contributed by atoms with Crippen LogP contribution in [-0.4, -0.2) is 11.9 Å². The van der Waals surface area contributed by atoms with Crippen LogP contribution in [0.25, 0.3) is 0 Å². The third-order valence-electron chi connectivity index (χ3n) is 1.74. The van der Waals surface area contributed by atoms with Crippen molar-refractivity contribution in [2.45, 2.75) is 6.92 Å². The molecule has 5 heteroatoms. The highest BCUT2D eigenvalue weighted by molar-refractivity contribution is 9.13. The molecule has 0 aliphatic heterocycles. The third-order valence-corrected chi connectivity index (χ3v) is 3.83. The van der Waals surface area contributed by atoms with Crippen LogP contribution in [0.2, 0.25) is 0 Å².